The molecule has 0 saturated carbocycles. The van der Waals surface area contributed by atoms with Gasteiger partial charge in [-0.1, -0.05) is 18.2 Å². The van der Waals surface area contributed by atoms with E-state index in [-0.39, 0.29) is 5.97 Å². The summed E-state index contributed by atoms with van der Waals surface area (Å²) < 4.78 is 10.6. The first-order valence-electron chi connectivity index (χ1n) is 7.38. The van der Waals surface area contributed by atoms with Gasteiger partial charge in [0.2, 0.25) is 0 Å². The summed E-state index contributed by atoms with van der Waals surface area (Å²) in [7, 11) is 0. The Bertz CT molecular complexity index is 557. The van der Waals surface area contributed by atoms with Crippen LogP contribution >= 0.6 is 0 Å². The normalized spacial score (nSPS) is 37.3. The lowest BCUT2D eigenvalue weighted by atomic mass is 9.85. The molecular formula is C17H22O5. The van der Waals surface area contributed by atoms with Gasteiger partial charge in [0.25, 0.3) is 0 Å². The number of aliphatic hydroxyl groups is 1. The maximum atomic E-state index is 11.8. The molecule has 120 valence electrons. The van der Waals surface area contributed by atoms with E-state index in [1.165, 1.54) is 6.92 Å². The molecule has 0 aromatic rings. The van der Waals surface area contributed by atoms with Gasteiger partial charge in [0.15, 0.2) is 0 Å². The first-order valence-corrected chi connectivity index (χ1v) is 7.38. The zero-order valence-corrected chi connectivity index (χ0v) is 13.2. The summed E-state index contributed by atoms with van der Waals surface area (Å²) in [6, 6.07) is 0. The van der Waals surface area contributed by atoms with Crippen molar-refractivity contribution in [2.75, 3.05) is 0 Å². The molecule has 0 aromatic heterocycles. The number of hydrogen-bond acceptors (Lipinski definition) is 5. The summed E-state index contributed by atoms with van der Waals surface area (Å²) in [5, 5.41) is 10.4. The largest absolute Gasteiger partial charge is 0.458 e. The van der Waals surface area contributed by atoms with Crippen LogP contribution < -0.4 is 0 Å². The van der Waals surface area contributed by atoms with Crippen molar-refractivity contribution in [2.45, 2.75) is 51.9 Å². The summed E-state index contributed by atoms with van der Waals surface area (Å²) in [5.74, 6) is -1.31. The zero-order chi connectivity index (χ0) is 16.4. The lowest BCUT2D eigenvalue weighted by Crippen LogP contribution is -2.30. The Balaban J connectivity index is 2.37. The Morgan fingerprint density at radius 1 is 1.45 bits per heavy atom. The second kappa shape index (κ2) is 6.48. The summed E-state index contributed by atoms with van der Waals surface area (Å²) in [6.07, 6.45) is 2.98. The van der Waals surface area contributed by atoms with Gasteiger partial charge >= 0.3 is 11.9 Å². The van der Waals surface area contributed by atoms with E-state index in [9.17, 15) is 14.7 Å². The van der Waals surface area contributed by atoms with Gasteiger partial charge in [-0.2, -0.15) is 0 Å². The highest BCUT2D eigenvalue weighted by Gasteiger charge is 2.42. The van der Waals surface area contributed by atoms with Crippen LogP contribution in [0.1, 0.15) is 33.6 Å². The van der Waals surface area contributed by atoms with Crippen LogP contribution in [0.2, 0.25) is 0 Å². The molecule has 1 fully saturated rings. The number of carbonyl (C=O) groups excluding carboxylic acids is 2. The number of esters is 2. The van der Waals surface area contributed by atoms with Crippen molar-refractivity contribution in [3.63, 3.8) is 0 Å². The number of hydrogen-bond donors (Lipinski definition) is 1. The Labute approximate surface area is 130 Å². The van der Waals surface area contributed by atoms with Crippen LogP contribution in [0, 0.1) is 5.92 Å². The van der Waals surface area contributed by atoms with Crippen molar-refractivity contribution in [2.24, 2.45) is 5.92 Å². The van der Waals surface area contributed by atoms with E-state index in [0.29, 0.717) is 18.4 Å². The second-order valence-electron chi connectivity index (χ2n) is 5.99. The van der Waals surface area contributed by atoms with Crippen LogP contribution in [-0.4, -0.2) is 35.4 Å². The van der Waals surface area contributed by atoms with Gasteiger partial charge < -0.3 is 14.6 Å². The third-order valence-corrected chi connectivity index (χ3v) is 4.13. The monoisotopic (exact) mass is 306 g/mol. The van der Waals surface area contributed by atoms with Crippen molar-refractivity contribution in [3.8, 4) is 0 Å². The number of ether oxygens (including phenoxy) is 2. The van der Waals surface area contributed by atoms with Crippen molar-refractivity contribution < 1.29 is 24.2 Å². The molecule has 1 unspecified atom stereocenters. The summed E-state index contributed by atoms with van der Waals surface area (Å²) >= 11 is 0. The van der Waals surface area contributed by atoms with E-state index in [4.69, 9.17) is 9.47 Å². The van der Waals surface area contributed by atoms with Crippen LogP contribution in [0.3, 0.4) is 0 Å². The minimum Gasteiger partial charge on any atom is -0.458 e. The van der Waals surface area contributed by atoms with Gasteiger partial charge in [-0.15, -0.1) is 0 Å². The molecule has 2 aliphatic rings. The quantitative estimate of drug-likeness (QED) is 0.456. The molecule has 2 rings (SSSR count). The molecule has 22 heavy (non-hydrogen) atoms. The average molecular weight is 306 g/mol. The number of fused-ring (bicyclic) bond motifs is 1. The maximum absolute atomic E-state index is 11.8. The molecule has 5 heteroatoms. The summed E-state index contributed by atoms with van der Waals surface area (Å²) in [4.78, 5) is 23.0. The Kier molecular flexibility index (Phi) is 4.86. The highest BCUT2D eigenvalue weighted by atomic mass is 16.6. The van der Waals surface area contributed by atoms with Crippen LogP contribution in [-0.2, 0) is 19.1 Å². The predicted molar refractivity (Wildman–Crippen MR) is 80.8 cm³/mol. The smallest absolute Gasteiger partial charge is 0.334 e. The fourth-order valence-corrected chi connectivity index (χ4v) is 2.94. The Morgan fingerprint density at radius 3 is 2.77 bits per heavy atom. The van der Waals surface area contributed by atoms with Crippen LogP contribution in [0.5, 0.6) is 0 Å². The van der Waals surface area contributed by atoms with E-state index >= 15 is 0 Å². The Morgan fingerprint density at radius 2 is 2.14 bits per heavy atom. The Hall–Kier alpha value is -1.88. The summed E-state index contributed by atoms with van der Waals surface area (Å²) in [6.45, 7) is 8.85. The second-order valence-corrected chi connectivity index (χ2v) is 5.99. The molecular weight excluding hydrogens is 284 g/mol. The van der Waals surface area contributed by atoms with E-state index in [0.717, 1.165) is 11.1 Å². The molecule has 0 bridgehead atoms. The van der Waals surface area contributed by atoms with Crippen LogP contribution in [0.25, 0.3) is 0 Å². The molecule has 0 amide bonds. The van der Waals surface area contributed by atoms with E-state index in [1.54, 1.807) is 6.08 Å². The van der Waals surface area contributed by atoms with Gasteiger partial charge in [-0.25, -0.2) is 4.79 Å². The molecule has 1 heterocycles. The predicted octanol–water partition coefficient (Wildman–Crippen LogP) is 2.06. The topological polar surface area (TPSA) is 72.8 Å². The average Bonchev–Trinajstić information content (AvgIpc) is 2.68. The molecule has 1 aliphatic carbocycles. The number of rotatable bonds is 1. The van der Waals surface area contributed by atoms with Gasteiger partial charge in [0, 0.05) is 18.9 Å². The molecule has 0 aromatic carbocycles. The van der Waals surface area contributed by atoms with Crippen molar-refractivity contribution in [1.82, 2.24) is 0 Å². The minimum atomic E-state index is -0.727. The van der Waals surface area contributed by atoms with Crippen molar-refractivity contribution >= 4 is 11.9 Å². The van der Waals surface area contributed by atoms with Crippen molar-refractivity contribution in [3.05, 3.63) is 35.5 Å². The first kappa shape index (κ1) is 16.5. The third kappa shape index (κ3) is 3.47. The summed E-state index contributed by atoms with van der Waals surface area (Å²) in [5.41, 5.74) is 2.06. The molecule has 5 nitrogen and oxygen atoms in total. The molecule has 0 spiro atoms. The minimum absolute atomic E-state index is 0.291. The maximum Gasteiger partial charge on any atom is 0.334 e. The highest BCUT2D eigenvalue weighted by Crippen LogP contribution is 2.34. The molecule has 0 radical (unpaired) electrons. The fourth-order valence-electron chi connectivity index (χ4n) is 2.94. The van der Waals surface area contributed by atoms with Gasteiger partial charge in [0.1, 0.15) is 12.2 Å². The lowest BCUT2D eigenvalue weighted by molar-refractivity contribution is -0.144. The molecule has 1 N–H and O–H groups in total. The van der Waals surface area contributed by atoms with Gasteiger partial charge in [-0.05, 0) is 31.9 Å². The van der Waals surface area contributed by atoms with Crippen LogP contribution in [0.15, 0.2) is 35.5 Å². The van der Waals surface area contributed by atoms with Crippen molar-refractivity contribution in [1.29, 1.82) is 0 Å². The number of carbonyl (C=O) groups is 2. The molecule has 1 saturated heterocycles. The van der Waals surface area contributed by atoms with E-state index < -0.39 is 30.2 Å². The highest BCUT2D eigenvalue weighted by molar-refractivity contribution is 5.91. The SMILES string of the molecule is C=C1C(=O)OC2/C=C(\C)[C@@H](OC(C)=O)C/C=C(\C)C[C@@H](O)[C@@H]12. The standard InChI is InChI=1S/C17H22O5/c1-9-5-6-14(21-12(4)18)10(2)8-15-16(13(19)7-9)11(3)17(20)22-15/h5,8,13-16,19H,3,6-7H2,1-2,4H3/b9-5+,10-8+/t13-,14+,15?,16-/m1/s1. The van der Waals surface area contributed by atoms with E-state index in [2.05, 4.69) is 6.58 Å². The third-order valence-electron chi connectivity index (χ3n) is 4.13. The lowest BCUT2D eigenvalue weighted by Gasteiger charge is -2.25. The zero-order valence-electron chi connectivity index (χ0n) is 13.2. The first-order chi connectivity index (χ1) is 10.3. The molecule has 4 atom stereocenters. The van der Waals surface area contributed by atoms with Gasteiger partial charge in [0.05, 0.1) is 12.0 Å². The van der Waals surface area contributed by atoms with Crippen LogP contribution in [0.4, 0.5) is 0 Å². The molecule has 1 aliphatic heterocycles. The van der Waals surface area contributed by atoms with Gasteiger partial charge in [-0.3, -0.25) is 4.79 Å². The van der Waals surface area contributed by atoms with E-state index in [1.807, 2.05) is 19.9 Å². The fraction of sp³-hybridized carbons (Fsp3) is 0.529. The number of aliphatic hydroxyl groups excluding tert-OH is 1.